The molecule has 0 fully saturated rings. The molecule has 40 heavy (non-hydrogen) atoms. The quantitative estimate of drug-likeness (QED) is 0.0500. The van der Waals surface area contributed by atoms with Crippen molar-refractivity contribution in [2.75, 3.05) is 13.1 Å². The van der Waals surface area contributed by atoms with Crippen LogP contribution in [0, 0.1) is 0 Å². The Morgan fingerprint density at radius 3 is 1.88 bits per heavy atom. The van der Waals surface area contributed by atoms with Crippen molar-refractivity contribution in [3.63, 3.8) is 0 Å². The van der Waals surface area contributed by atoms with Gasteiger partial charge in [0.25, 0.3) is 0 Å². The number of primary amides is 2. The molecular formula is C26H43N9O5. The molecule has 0 aliphatic carbocycles. The second-order valence-corrected chi connectivity index (χ2v) is 9.40. The highest BCUT2D eigenvalue weighted by Crippen LogP contribution is 2.08. The standard InChI is InChI=1S/C26H43N9O5/c27-14-5-4-10-20(25(40)34-18(23(29)38)12-7-15-32-26(30)31)35-24(39)19(11-6-13-21(28)36)33-22(37)16-17-8-2-1-3-9-17/h1-3,8-9,18-20H,4-7,10-16,27H2,(H2,28,36)(H2,29,38)(H,33,37)(H,34,40)(H,35,39)(H4,30,31,32)/t18-,19-,20-/m0/s1. The first-order chi connectivity index (χ1) is 19.0. The third kappa shape index (κ3) is 14.7. The van der Waals surface area contributed by atoms with Gasteiger partial charge in [0.15, 0.2) is 5.96 Å². The molecule has 0 spiro atoms. The molecule has 222 valence electrons. The number of hydrogen-bond acceptors (Lipinski definition) is 7. The largest absolute Gasteiger partial charge is 0.370 e. The Morgan fingerprint density at radius 1 is 0.725 bits per heavy atom. The molecule has 1 aromatic rings. The van der Waals surface area contributed by atoms with Crippen LogP contribution in [0.5, 0.6) is 0 Å². The first kappa shape index (κ1) is 33.8. The average molecular weight is 562 g/mol. The maximum absolute atomic E-state index is 13.3. The fourth-order valence-corrected chi connectivity index (χ4v) is 3.87. The summed E-state index contributed by atoms with van der Waals surface area (Å²) in [5, 5.41) is 7.96. The van der Waals surface area contributed by atoms with Crippen LogP contribution in [-0.4, -0.2) is 66.7 Å². The molecular weight excluding hydrogens is 518 g/mol. The van der Waals surface area contributed by atoms with Gasteiger partial charge in [-0.2, -0.15) is 0 Å². The molecule has 0 saturated heterocycles. The lowest BCUT2D eigenvalue weighted by Gasteiger charge is -2.25. The SMILES string of the molecule is NCCCC[C@H](NC(=O)[C@H](CCCC(N)=O)NC(=O)Cc1ccccc1)C(=O)N[C@@H](CCCN=C(N)N)C(N)=O. The smallest absolute Gasteiger partial charge is 0.243 e. The summed E-state index contributed by atoms with van der Waals surface area (Å²) in [6, 6.07) is 5.93. The van der Waals surface area contributed by atoms with Gasteiger partial charge in [-0.3, -0.25) is 29.0 Å². The van der Waals surface area contributed by atoms with E-state index in [0.717, 1.165) is 5.56 Å². The van der Waals surface area contributed by atoms with Gasteiger partial charge in [-0.05, 0) is 57.1 Å². The van der Waals surface area contributed by atoms with Crippen LogP contribution < -0.4 is 44.6 Å². The molecule has 5 amide bonds. The Bertz CT molecular complexity index is 1000. The van der Waals surface area contributed by atoms with Crippen molar-refractivity contribution in [3.8, 4) is 0 Å². The molecule has 0 aliphatic rings. The van der Waals surface area contributed by atoms with E-state index < -0.39 is 47.7 Å². The summed E-state index contributed by atoms with van der Waals surface area (Å²) in [6.45, 7) is 0.636. The van der Waals surface area contributed by atoms with Crippen LogP contribution in [0.4, 0.5) is 0 Å². The van der Waals surface area contributed by atoms with E-state index in [9.17, 15) is 24.0 Å². The van der Waals surface area contributed by atoms with Gasteiger partial charge in [0.2, 0.25) is 29.5 Å². The topological polar surface area (TPSA) is 264 Å². The van der Waals surface area contributed by atoms with Crippen LogP contribution in [0.25, 0.3) is 0 Å². The summed E-state index contributed by atoms with van der Waals surface area (Å²) in [7, 11) is 0. The zero-order chi connectivity index (χ0) is 29.9. The highest BCUT2D eigenvalue weighted by molar-refractivity contribution is 5.94. The van der Waals surface area contributed by atoms with Crippen molar-refractivity contribution in [3.05, 3.63) is 35.9 Å². The molecule has 3 atom stereocenters. The van der Waals surface area contributed by atoms with E-state index in [0.29, 0.717) is 25.8 Å². The van der Waals surface area contributed by atoms with Crippen LogP contribution >= 0.6 is 0 Å². The summed E-state index contributed by atoms with van der Waals surface area (Å²) in [5.74, 6) is -2.99. The number of carbonyl (C=O) groups is 5. The first-order valence-electron chi connectivity index (χ1n) is 13.3. The van der Waals surface area contributed by atoms with Gasteiger partial charge in [0.1, 0.15) is 18.1 Å². The van der Waals surface area contributed by atoms with E-state index in [1.54, 1.807) is 24.3 Å². The van der Waals surface area contributed by atoms with Gasteiger partial charge in [-0.25, -0.2) is 0 Å². The summed E-state index contributed by atoms with van der Waals surface area (Å²) >= 11 is 0. The number of hydrogen-bond donors (Lipinski definition) is 8. The zero-order valence-corrected chi connectivity index (χ0v) is 22.8. The number of nitrogens with two attached hydrogens (primary N) is 5. The second kappa shape index (κ2) is 19.0. The summed E-state index contributed by atoms with van der Waals surface area (Å²) in [6.07, 6.45) is 2.38. The predicted octanol–water partition coefficient (Wildman–Crippen LogP) is -1.99. The minimum atomic E-state index is -1.02. The predicted molar refractivity (Wildman–Crippen MR) is 151 cm³/mol. The van der Waals surface area contributed by atoms with Crippen LogP contribution in [0.1, 0.15) is 56.9 Å². The molecule has 1 rings (SSSR count). The van der Waals surface area contributed by atoms with Crippen molar-refractivity contribution in [2.24, 2.45) is 33.7 Å². The minimum Gasteiger partial charge on any atom is -0.370 e. The van der Waals surface area contributed by atoms with Crippen molar-refractivity contribution in [2.45, 2.75) is 75.9 Å². The van der Waals surface area contributed by atoms with E-state index in [1.165, 1.54) is 0 Å². The number of benzene rings is 1. The fraction of sp³-hybridized carbons (Fsp3) is 0.538. The Kier molecular flexibility index (Phi) is 16.0. The number of carbonyl (C=O) groups excluding carboxylic acids is 5. The molecule has 14 heteroatoms. The van der Waals surface area contributed by atoms with Gasteiger partial charge >= 0.3 is 0 Å². The molecule has 0 aromatic heterocycles. The van der Waals surface area contributed by atoms with Gasteiger partial charge in [0.05, 0.1) is 6.42 Å². The Balaban J connectivity index is 2.97. The molecule has 13 N–H and O–H groups in total. The number of rotatable bonds is 20. The van der Waals surface area contributed by atoms with E-state index >= 15 is 0 Å². The summed E-state index contributed by atoms with van der Waals surface area (Å²) in [5.41, 5.74) is 27.6. The van der Waals surface area contributed by atoms with Crippen molar-refractivity contribution in [1.82, 2.24) is 16.0 Å². The molecule has 0 heterocycles. The normalized spacial score (nSPS) is 12.8. The van der Waals surface area contributed by atoms with Crippen LogP contribution in [0.15, 0.2) is 35.3 Å². The van der Waals surface area contributed by atoms with Crippen molar-refractivity contribution >= 4 is 35.5 Å². The van der Waals surface area contributed by atoms with Gasteiger partial charge in [-0.15, -0.1) is 0 Å². The third-order valence-electron chi connectivity index (χ3n) is 5.96. The lowest BCUT2D eigenvalue weighted by Crippen LogP contribution is -2.56. The molecule has 0 saturated carbocycles. The maximum Gasteiger partial charge on any atom is 0.243 e. The Morgan fingerprint density at radius 2 is 1.30 bits per heavy atom. The average Bonchev–Trinajstić information content (AvgIpc) is 2.89. The maximum atomic E-state index is 13.3. The van der Waals surface area contributed by atoms with E-state index in [4.69, 9.17) is 28.7 Å². The van der Waals surface area contributed by atoms with Crippen molar-refractivity contribution < 1.29 is 24.0 Å². The number of nitrogens with zero attached hydrogens (tertiary/aromatic N) is 1. The number of unbranched alkanes of at least 4 members (excludes halogenated alkanes) is 1. The monoisotopic (exact) mass is 561 g/mol. The van der Waals surface area contributed by atoms with Crippen molar-refractivity contribution in [1.29, 1.82) is 0 Å². The van der Waals surface area contributed by atoms with Gasteiger partial charge in [0, 0.05) is 13.0 Å². The zero-order valence-electron chi connectivity index (χ0n) is 22.8. The minimum absolute atomic E-state index is 0.0267. The molecule has 0 aliphatic heterocycles. The van der Waals surface area contributed by atoms with Crippen LogP contribution in [-0.2, 0) is 30.4 Å². The number of amides is 5. The van der Waals surface area contributed by atoms with Crippen LogP contribution in [0.3, 0.4) is 0 Å². The van der Waals surface area contributed by atoms with E-state index in [-0.39, 0.29) is 51.0 Å². The number of aliphatic imine (C=N–C) groups is 1. The summed E-state index contributed by atoms with van der Waals surface area (Å²) < 4.78 is 0. The molecule has 0 bridgehead atoms. The molecule has 0 unspecified atom stereocenters. The van der Waals surface area contributed by atoms with Crippen LogP contribution in [0.2, 0.25) is 0 Å². The number of nitrogens with one attached hydrogen (secondary N) is 3. The highest BCUT2D eigenvalue weighted by Gasteiger charge is 2.28. The number of guanidine groups is 1. The lowest BCUT2D eigenvalue weighted by atomic mass is 10.0. The summed E-state index contributed by atoms with van der Waals surface area (Å²) in [4.78, 5) is 66.1. The van der Waals surface area contributed by atoms with Gasteiger partial charge < -0.3 is 44.6 Å². The Labute approximate surface area is 234 Å². The van der Waals surface area contributed by atoms with E-state index in [2.05, 4.69) is 20.9 Å². The van der Waals surface area contributed by atoms with Gasteiger partial charge in [-0.1, -0.05) is 30.3 Å². The highest BCUT2D eigenvalue weighted by atomic mass is 16.2. The fourth-order valence-electron chi connectivity index (χ4n) is 3.87. The Hall–Kier alpha value is -4.20. The molecule has 1 aromatic carbocycles. The first-order valence-corrected chi connectivity index (χ1v) is 13.3. The lowest BCUT2D eigenvalue weighted by molar-refractivity contribution is -0.133. The molecule has 0 radical (unpaired) electrons. The second-order valence-electron chi connectivity index (χ2n) is 9.40. The van der Waals surface area contributed by atoms with E-state index in [1.807, 2.05) is 6.07 Å². The third-order valence-corrected chi connectivity index (χ3v) is 5.96. The molecule has 14 nitrogen and oxygen atoms in total.